The van der Waals surface area contributed by atoms with Gasteiger partial charge in [-0.3, -0.25) is 18.8 Å². The lowest BCUT2D eigenvalue weighted by Gasteiger charge is -2.29. The second kappa shape index (κ2) is 14.2. The molecular formula is C33H42N4O6S. The highest BCUT2D eigenvalue weighted by Crippen LogP contribution is 2.28. The first-order valence-corrected chi connectivity index (χ1v) is 16.5. The Balaban J connectivity index is 1.45. The standard InChI is InChI=1S/C33H42N4O6S/c1-22(24-11-7-6-8-12-24)35-33(40)26-18-25(19-28(20-26)37(3)44(5,41)42)32(39)34-21-31(38)30-15-14-27(36(30)2)16-23-10-9-13-29(17-23)43-4/h6-13,17-20,22,27,30-31,38H,14-16,21H2,1-5H3,(H,34,39)(H,35,40). The highest BCUT2D eigenvalue weighted by molar-refractivity contribution is 7.92. The number of hydrogen-bond donors (Lipinski definition) is 3. The molecular weight excluding hydrogens is 580 g/mol. The first-order valence-electron chi connectivity index (χ1n) is 14.6. The zero-order valence-electron chi connectivity index (χ0n) is 25.9. The third-order valence-corrected chi connectivity index (χ3v) is 9.57. The van der Waals surface area contributed by atoms with Crippen LogP contribution in [0.15, 0.2) is 72.8 Å². The number of nitrogens with zero attached hydrogens (tertiary/aromatic N) is 2. The number of amides is 2. The second-order valence-corrected chi connectivity index (χ2v) is 13.4. The molecule has 3 aromatic rings. The van der Waals surface area contributed by atoms with Gasteiger partial charge >= 0.3 is 0 Å². The van der Waals surface area contributed by atoms with E-state index in [4.69, 9.17) is 4.74 Å². The maximum absolute atomic E-state index is 13.3. The zero-order valence-corrected chi connectivity index (χ0v) is 26.7. The molecule has 0 bridgehead atoms. The van der Waals surface area contributed by atoms with Crippen LogP contribution in [0, 0.1) is 0 Å². The Morgan fingerprint density at radius 2 is 1.70 bits per heavy atom. The third-order valence-electron chi connectivity index (χ3n) is 8.37. The molecule has 1 saturated heterocycles. The monoisotopic (exact) mass is 622 g/mol. The van der Waals surface area contributed by atoms with Crippen molar-refractivity contribution in [2.45, 2.75) is 50.4 Å². The largest absolute Gasteiger partial charge is 0.497 e. The van der Waals surface area contributed by atoms with E-state index < -0.39 is 27.9 Å². The van der Waals surface area contributed by atoms with Gasteiger partial charge in [0.25, 0.3) is 11.8 Å². The summed E-state index contributed by atoms with van der Waals surface area (Å²) < 4.78 is 31.0. The van der Waals surface area contributed by atoms with Gasteiger partial charge in [-0.25, -0.2) is 8.42 Å². The van der Waals surface area contributed by atoms with Crippen LogP contribution in [-0.2, 0) is 16.4 Å². The highest BCUT2D eigenvalue weighted by atomic mass is 32.2. The highest BCUT2D eigenvalue weighted by Gasteiger charge is 2.35. The molecule has 0 spiro atoms. The van der Waals surface area contributed by atoms with Crippen LogP contribution in [0.3, 0.4) is 0 Å². The summed E-state index contributed by atoms with van der Waals surface area (Å²) in [4.78, 5) is 28.7. The first-order chi connectivity index (χ1) is 20.9. The number of hydrogen-bond acceptors (Lipinski definition) is 7. The lowest BCUT2D eigenvalue weighted by atomic mass is 10.0. The number of likely N-dealkylation sites (N-methyl/N-ethyl adjacent to an activating group) is 1. The van der Waals surface area contributed by atoms with E-state index in [1.54, 1.807) is 7.11 Å². The molecule has 236 valence electrons. The van der Waals surface area contributed by atoms with E-state index in [0.717, 1.165) is 46.7 Å². The molecule has 10 nitrogen and oxygen atoms in total. The summed E-state index contributed by atoms with van der Waals surface area (Å²) in [6.45, 7) is 1.84. The average molecular weight is 623 g/mol. The summed E-state index contributed by atoms with van der Waals surface area (Å²) >= 11 is 0. The fraction of sp³-hybridized carbons (Fsp3) is 0.394. The smallest absolute Gasteiger partial charge is 0.251 e. The fourth-order valence-electron chi connectivity index (χ4n) is 5.61. The molecule has 44 heavy (non-hydrogen) atoms. The summed E-state index contributed by atoms with van der Waals surface area (Å²) in [7, 11) is 1.33. The predicted molar refractivity (Wildman–Crippen MR) is 172 cm³/mol. The van der Waals surface area contributed by atoms with Crippen molar-refractivity contribution in [3.05, 3.63) is 95.1 Å². The maximum Gasteiger partial charge on any atom is 0.251 e. The third kappa shape index (κ3) is 8.16. The van der Waals surface area contributed by atoms with E-state index in [0.29, 0.717) is 0 Å². The summed E-state index contributed by atoms with van der Waals surface area (Å²) in [5, 5.41) is 16.7. The summed E-state index contributed by atoms with van der Waals surface area (Å²) in [6.07, 6.45) is 2.73. The number of anilines is 1. The topological polar surface area (TPSA) is 128 Å². The SMILES string of the molecule is COc1cccc(CC2CCC(C(O)CNC(=O)c3cc(C(=O)NC(C)c4ccccc4)cc(N(C)S(C)(=O)=O)c3)N2C)c1. The van der Waals surface area contributed by atoms with E-state index in [9.17, 15) is 23.1 Å². The molecule has 1 heterocycles. The summed E-state index contributed by atoms with van der Waals surface area (Å²) in [5.74, 6) is -0.166. The molecule has 0 aromatic heterocycles. The molecule has 1 fully saturated rings. The molecule has 1 aliphatic heterocycles. The van der Waals surface area contributed by atoms with Crippen LogP contribution in [0.2, 0.25) is 0 Å². The number of rotatable bonds is 12. The van der Waals surface area contributed by atoms with Gasteiger partial charge in [0.1, 0.15) is 5.75 Å². The van der Waals surface area contributed by atoms with Crippen molar-refractivity contribution in [1.82, 2.24) is 15.5 Å². The minimum atomic E-state index is -3.66. The van der Waals surface area contributed by atoms with Crippen molar-refractivity contribution in [3.8, 4) is 5.75 Å². The Bertz CT molecular complexity index is 1570. The number of ether oxygens (including phenoxy) is 1. The van der Waals surface area contributed by atoms with Crippen LogP contribution in [0.4, 0.5) is 5.69 Å². The van der Waals surface area contributed by atoms with Crippen LogP contribution in [0.5, 0.6) is 5.75 Å². The minimum absolute atomic E-state index is 0.00155. The van der Waals surface area contributed by atoms with Crippen molar-refractivity contribution in [2.24, 2.45) is 0 Å². The molecule has 4 unspecified atom stereocenters. The Morgan fingerprint density at radius 3 is 2.36 bits per heavy atom. The molecule has 4 rings (SSSR count). The van der Waals surface area contributed by atoms with Gasteiger partial charge in [0.2, 0.25) is 10.0 Å². The molecule has 3 aromatic carbocycles. The fourth-order valence-corrected chi connectivity index (χ4v) is 6.10. The van der Waals surface area contributed by atoms with E-state index in [-0.39, 0.29) is 41.5 Å². The van der Waals surface area contributed by atoms with E-state index in [2.05, 4.69) is 21.6 Å². The number of methoxy groups -OCH3 is 1. The van der Waals surface area contributed by atoms with Gasteiger partial charge < -0.3 is 20.5 Å². The van der Waals surface area contributed by atoms with Crippen molar-refractivity contribution in [3.63, 3.8) is 0 Å². The molecule has 0 radical (unpaired) electrons. The number of carbonyl (C=O) groups excluding carboxylic acids is 2. The quantitative estimate of drug-likeness (QED) is 0.283. The first kappa shape index (κ1) is 33.0. The predicted octanol–water partition coefficient (Wildman–Crippen LogP) is 3.38. The van der Waals surface area contributed by atoms with E-state index in [1.165, 1.54) is 25.2 Å². The average Bonchev–Trinajstić information content (AvgIpc) is 3.38. The van der Waals surface area contributed by atoms with Crippen LogP contribution < -0.4 is 19.7 Å². The second-order valence-electron chi connectivity index (χ2n) is 11.4. The number of aliphatic hydroxyl groups excluding tert-OH is 1. The lowest BCUT2D eigenvalue weighted by molar-refractivity contribution is 0.0661. The summed E-state index contributed by atoms with van der Waals surface area (Å²) in [6, 6.07) is 21.4. The molecule has 1 aliphatic rings. The summed E-state index contributed by atoms with van der Waals surface area (Å²) in [5.41, 5.74) is 2.48. The van der Waals surface area contributed by atoms with Crippen molar-refractivity contribution in [1.29, 1.82) is 0 Å². The minimum Gasteiger partial charge on any atom is -0.497 e. The van der Waals surface area contributed by atoms with Crippen LogP contribution in [0.25, 0.3) is 0 Å². The number of nitrogens with one attached hydrogen (secondary N) is 2. The van der Waals surface area contributed by atoms with Gasteiger partial charge in [0.05, 0.1) is 31.2 Å². The lowest BCUT2D eigenvalue weighted by Crippen LogP contribution is -2.46. The Hall–Kier alpha value is -3.93. The number of carbonyl (C=O) groups is 2. The van der Waals surface area contributed by atoms with Gasteiger partial charge in [-0.1, -0.05) is 42.5 Å². The number of likely N-dealkylation sites (tertiary alicyclic amines) is 1. The molecule has 0 saturated carbocycles. The van der Waals surface area contributed by atoms with Gasteiger partial charge in [-0.15, -0.1) is 0 Å². The van der Waals surface area contributed by atoms with Crippen LogP contribution in [0.1, 0.15) is 57.7 Å². The van der Waals surface area contributed by atoms with Gasteiger partial charge in [0, 0.05) is 36.8 Å². The molecule has 11 heteroatoms. The van der Waals surface area contributed by atoms with Gasteiger partial charge in [-0.05, 0) is 74.7 Å². The normalized spacial score (nSPS) is 18.3. The number of aliphatic hydroxyl groups is 1. The molecule has 0 aliphatic carbocycles. The van der Waals surface area contributed by atoms with Gasteiger partial charge in [-0.2, -0.15) is 0 Å². The molecule has 2 amide bonds. The Kier molecular flexibility index (Phi) is 10.7. The van der Waals surface area contributed by atoms with Crippen LogP contribution >= 0.6 is 0 Å². The Labute approximate surface area is 260 Å². The van der Waals surface area contributed by atoms with Crippen molar-refractivity contribution in [2.75, 3.05) is 38.3 Å². The number of benzene rings is 3. The van der Waals surface area contributed by atoms with Gasteiger partial charge in [0.15, 0.2) is 0 Å². The zero-order chi connectivity index (χ0) is 32.0. The molecule has 4 atom stereocenters. The molecule has 3 N–H and O–H groups in total. The maximum atomic E-state index is 13.3. The number of sulfonamides is 1. The van der Waals surface area contributed by atoms with Crippen LogP contribution in [-0.4, -0.2) is 82.4 Å². The van der Waals surface area contributed by atoms with Crippen molar-refractivity contribution >= 4 is 27.5 Å². The van der Waals surface area contributed by atoms with Crippen molar-refractivity contribution < 1.29 is 27.9 Å². The van der Waals surface area contributed by atoms with E-state index in [1.807, 2.05) is 62.5 Å². The Morgan fingerprint density at radius 1 is 1.02 bits per heavy atom. The van der Waals surface area contributed by atoms with E-state index >= 15 is 0 Å².